The molecule has 0 saturated carbocycles. The molecule has 0 radical (unpaired) electrons. The maximum Gasteiger partial charge on any atom is 0.328 e. The molecule has 2 aromatic rings. The van der Waals surface area contributed by atoms with Crippen molar-refractivity contribution in [3.63, 3.8) is 0 Å². The van der Waals surface area contributed by atoms with Gasteiger partial charge in [-0.3, -0.25) is 4.68 Å². The average Bonchev–Trinajstić information content (AvgIpc) is 2.93. The molecule has 1 N–H and O–H groups in total. The van der Waals surface area contributed by atoms with Crippen LogP contribution in [-0.4, -0.2) is 41.1 Å². The fraction of sp³-hybridized carbons (Fsp3) is 0.500. The van der Waals surface area contributed by atoms with E-state index >= 15 is 0 Å². The van der Waals surface area contributed by atoms with Gasteiger partial charge in [0.15, 0.2) is 6.04 Å². The van der Waals surface area contributed by atoms with Crippen molar-refractivity contribution in [3.05, 3.63) is 11.8 Å². The van der Waals surface area contributed by atoms with E-state index in [2.05, 4.69) is 20.6 Å². The molecule has 1 atom stereocenters. The lowest BCUT2D eigenvalue weighted by Gasteiger charge is -2.08. The molecule has 0 bridgehead atoms. The lowest BCUT2D eigenvalue weighted by molar-refractivity contribution is -0.140. The molecule has 2 heterocycles. The van der Waals surface area contributed by atoms with Crippen LogP contribution in [0.4, 0.5) is 0 Å². The molecule has 0 saturated heterocycles. The smallest absolute Gasteiger partial charge is 0.328 e. The molecule has 8 nitrogen and oxygen atoms in total. The number of carboxylic acid groups (broad SMARTS) is 1. The fourth-order valence-electron chi connectivity index (χ4n) is 1.64. The molecule has 0 aliphatic heterocycles. The Labute approximate surface area is 103 Å². The van der Waals surface area contributed by atoms with E-state index in [1.54, 1.807) is 11.7 Å². The number of hydrogen-bond donors (Lipinski definition) is 1. The monoisotopic (exact) mass is 250 g/mol. The molecule has 2 rings (SSSR count). The van der Waals surface area contributed by atoms with E-state index in [1.807, 2.05) is 13.0 Å². The van der Waals surface area contributed by atoms with Crippen molar-refractivity contribution < 1.29 is 9.90 Å². The molecule has 0 spiro atoms. The van der Waals surface area contributed by atoms with E-state index in [4.69, 9.17) is 5.11 Å². The number of tetrazole rings is 1. The second-order valence-electron chi connectivity index (χ2n) is 3.96. The maximum atomic E-state index is 11.0. The third-order valence-corrected chi connectivity index (χ3v) is 2.74. The number of carboxylic acids is 1. The van der Waals surface area contributed by atoms with E-state index in [9.17, 15) is 4.79 Å². The van der Waals surface area contributed by atoms with Gasteiger partial charge in [-0.15, -0.1) is 5.10 Å². The number of carbonyl (C=O) groups is 1. The van der Waals surface area contributed by atoms with Crippen LogP contribution < -0.4 is 0 Å². The molecule has 8 heteroatoms. The van der Waals surface area contributed by atoms with Gasteiger partial charge in [0, 0.05) is 7.05 Å². The Balaban J connectivity index is 2.48. The summed E-state index contributed by atoms with van der Waals surface area (Å²) in [5.41, 5.74) is 1.61. The van der Waals surface area contributed by atoms with Crippen molar-refractivity contribution in [2.75, 3.05) is 0 Å². The SMILES string of the molecule is CCc1cc(-c2nnnn2C(C)C(=O)O)n(C)n1. The summed E-state index contributed by atoms with van der Waals surface area (Å²) in [6, 6.07) is 1.03. The highest BCUT2D eigenvalue weighted by Gasteiger charge is 2.22. The molecular weight excluding hydrogens is 236 g/mol. The van der Waals surface area contributed by atoms with Gasteiger partial charge in [-0.25, -0.2) is 9.48 Å². The molecule has 18 heavy (non-hydrogen) atoms. The minimum absolute atomic E-state index is 0.402. The molecule has 0 fully saturated rings. The summed E-state index contributed by atoms with van der Waals surface area (Å²) in [4.78, 5) is 11.0. The van der Waals surface area contributed by atoms with Crippen molar-refractivity contribution in [2.24, 2.45) is 7.05 Å². The zero-order valence-electron chi connectivity index (χ0n) is 10.4. The minimum Gasteiger partial charge on any atom is -0.480 e. The summed E-state index contributed by atoms with van der Waals surface area (Å²) in [7, 11) is 1.78. The van der Waals surface area contributed by atoms with Crippen LogP contribution in [0, 0.1) is 0 Å². The number of aryl methyl sites for hydroxylation is 2. The summed E-state index contributed by atoms with van der Waals surface area (Å²) in [5.74, 6) is -0.582. The van der Waals surface area contributed by atoms with Crippen LogP contribution in [-0.2, 0) is 18.3 Å². The summed E-state index contributed by atoms with van der Waals surface area (Å²) in [6.45, 7) is 3.52. The van der Waals surface area contributed by atoms with Crippen LogP contribution in [0.1, 0.15) is 25.6 Å². The number of rotatable bonds is 4. The molecule has 0 aliphatic rings. The Morgan fingerprint density at radius 2 is 2.28 bits per heavy atom. The van der Waals surface area contributed by atoms with Gasteiger partial charge in [-0.2, -0.15) is 5.10 Å². The molecule has 0 aromatic carbocycles. The van der Waals surface area contributed by atoms with Crippen LogP contribution >= 0.6 is 0 Å². The van der Waals surface area contributed by atoms with Crippen LogP contribution in [0.3, 0.4) is 0 Å². The summed E-state index contributed by atoms with van der Waals surface area (Å²) >= 11 is 0. The van der Waals surface area contributed by atoms with Gasteiger partial charge < -0.3 is 5.11 Å². The van der Waals surface area contributed by atoms with Crippen LogP contribution in [0.2, 0.25) is 0 Å². The van der Waals surface area contributed by atoms with E-state index in [1.165, 1.54) is 11.6 Å². The summed E-state index contributed by atoms with van der Waals surface area (Å²) in [5, 5.41) is 24.4. The first-order valence-electron chi connectivity index (χ1n) is 5.58. The largest absolute Gasteiger partial charge is 0.480 e. The summed E-state index contributed by atoms with van der Waals surface area (Å²) < 4.78 is 2.92. The fourth-order valence-corrected chi connectivity index (χ4v) is 1.64. The predicted octanol–water partition coefficient (Wildman–Crippen LogP) is 0.282. The van der Waals surface area contributed by atoms with E-state index in [0.29, 0.717) is 11.5 Å². The van der Waals surface area contributed by atoms with Gasteiger partial charge in [0.05, 0.1) is 5.69 Å². The lowest BCUT2D eigenvalue weighted by atomic mass is 10.3. The van der Waals surface area contributed by atoms with Gasteiger partial charge in [0.25, 0.3) is 0 Å². The Morgan fingerprint density at radius 1 is 1.56 bits per heavy atom. The molecule has 0 amide bonds. The standard InChI is InChI=1S/C10H14N6O2/c1-4-7-5-8(15(3)12-7)9-11-13-14-16(9)6(2)10(17)18/h5-6H,4H2,1-3H3,(H,17,18). The zero-order valence-corrected chi connectivity index (χ0v) is 10.4. The Hall–Kier alpha value is -2.25. The first kappa shape index (κ1) is 12.2. The van der Waals surface area contributed by atoms with Crippen LogP contribution in [0.15, 0.2) is 6.07 Å². The van der Waals surface area contributed by atoms with E-state index in [-0.39, 0.29) is 0 Å². The van der Waals surface area contributed by atoms with Crippen molar-refractivity contribution in [1.82, 2.24) is 30.0 Å². The quantitative estimate of drug-likeness (QED) is 0.836. The highest BCUT2D eigenvalue weighted by molar-refractivity contribution is 5.72. The average molecular weight is 250 g/mol. The predicted molar refractivity (Wildman–Crippen MR) is 61.7 cm³/mol. The van der Waals surface area contributed by atoms with Gasteiger partial charge in [0.2, 0.25) is 5.82 Å². The minimum atomic E-state index is -0.985. The second-order valence-corrected chi connectivity index (χ2v) is 3.96. The van der Waals surface area contributed by atoms with Crippen LogP contribution in [0.5, 0.6) is 0 Å². The van der Waals surface area contributed by atoms with Gasteiger partial charge in [-0.05, 0) is 29.8 Å². The van der Waals surface area contributed by atoms with E-state index in [0.717, 1.165) is 12.1 Å². The first-order valence-corrected chi connectivity index (χ1v) is 5.58. The highest BCUT2D eigenvalue weighted by Crippen LogP contribution is 2.19. The maximum absolute atomic E-state index is 11.0. The molecule has 2 aromatic heterocycles. The van der Waals surface area contributed by atoms with Crippen LogP contribution in [0.25, 0.3) is 11.5 Å². The van der Waals surface area contributed by atoms with E-state index < -0.39 is 12.0 Å². The molecule has 0 aliphatic carbocycles. The number of nitrogens with zero attached hydrogens (tertiary/aromatic N) is 6. The van der Waals surface area contributed by atoms with Gasteiger partial charge >= 0.3 is 5.97 Å². The number of hydrogen-bond acceptors (Lipinski definition) is 5. The van der Waals surface area contributed by atoms with Crippen molar-refractivity contribution in [1.29, 1.82) is 0 Å². The third kappa shape index (κ3) is 1.96. The number of aliphatic carboxylic acids is 1. The number of aromatic nitrogens is 6. The van der Waals surface area contributed by atoms with Crippen molar-refractivity contribution in [2.45, 2.75) is 26.3 Å². The molecule has 1 unspecified atom stereocenters. The lowest BCUT2D eigenvalue weighted by Crippen LogP contribution is -2.18. The molecule has 96 valence electrons. The normalized spacial score (nSPS) is 12.6. The second kappa shape index (κ2) is 4.55. The Bertz CT molecular complexity index is 573. The van der Waals surface area contributed by atoms with Crippen molar-refractivity contribution in [3.8, 4) is 11.5 Å². The van der Waals surface area contributed by atoms with Crippen molar-refractivity contribution >= 4 is 5.97 Å². The van der Waals surface area contributed by atoms with Gasteiger partial charge in [-0.1, -0.05) is 6.92 Å². The van der Waals surface area contributed by atoms with Gasteiger partial charge in [0.1, 0.15) is 5.69 Å². The first-order chi connectivity index (χ1) is 8.54. The summed E-state index contributed by atoms with van der Waals surface area (Å²) in [6.07, 6.45) is 0.796. The third-order valence-electron chi connectivity index (χ3n) is 2.74. The zero-order chi connectivity index (χ0) is 13.3. The topological polar surface area (TPSA) is 98.7 Å². The highest BCUT2D eigenvalue weighted by atomic mass is 16.4. The Morgan fingerprint density at radius 3 is 2.83 bits per heavy atom. The Kier molecular flexibility index (Phi) is 3.09. The molecular formula is C10H14N6O2.